The van der Waals surface area contributed by atoms with Gasteiger partial charge < -0.3 is 10.6 Å². The van der Waals surface area contributed by atoms with Gasteiger partial charge in [-0.2, -0.15) is 0 Å². The second-order valence-corrected chi connectivity index (χ2v) is 4.70. The number of carbonyl (C=O) groups is 1. The van der Waals surface area contributed by atoms with E-state index in [-0.39, 0.29) is 18.8 Å². The Balaban J connectivity index is 1.94. The molecule has 0 bridgehead atoms. The summed E-state index contributed by atoms with van der Waals surface area (Å²) >= 11 is 0. The highest BCUT2D eigenvalue weighted by molar-refractivity contribution is 5.94. The minimum absolute atomic E-state index is 0.0360. The van der Waals surface area contributed by atoms with Crippen LogP contribution in [0.5, 0.6) is 0 Å². The van der Waals surface area contributed by atoms with Crippen LogP contribution in [0.1, 0.15) is 10.4 Å². The fraction of sp³-hybridized carbons (Fsp3) is 0.133. The van der Waals surface area contributed by atoms with Gasteiger partial charge in [0.2, 0.25) is 0 Å². The van der Waals surface area contributed by atoms with Crippen LogP contribution in [0.3, 0.4) is 0 Å². The second-order valence-electron chi connectivity index (χ2n) is 4.70. The van der Waals surface area contributed by atoms with Crippen LogP contribution < -0.4 is 10.6 Å². The van der Waals surface area contributed by atoms with Crippen molar-refractivity contribution in [2.75, 3.05) is 18.4 Å². The number of nitro groups is 1. The van der Waals surface area contributed by atoms with Gasteiger partial charge >= 0.3 is 0 Å². The average Bonchev–Trinajstić information content (AvgIpc) is 2.52. The summed E-state index contributed by atoms with van der Waals surface area (Å²) in [5.74, 6) is -3.68. The molecule has 6 nitrogen and oxygen atoms in total. The first-order chi connectivity index (χ1) is 11.4. The largest absolute Gasteiger partial charge is 0.378 e. The zero-order chi connectivity index (χ0) is 17.7. The Kier molecular flexibility index (Phi) is 5.35. The number of hydrogen-bond acceptors (Lipinski definition) is 4. The van der Waals surface area contributed by atoms with Gasteiger partial charge in [0.25, 0.3) is 11.6 Å². The van der Waals surface area contributed by atoms with Gasteiger partial charge in [0.15, 0.2) is 0 Å². The van der Waals surface area contributed by atoms with Gasteiger partial charge in [-0.05, 0) is 24.3 Å². The van der Waals surface area contributed by atoms with Gasteiger partial charge in [0, 0.05) is 13.1 Å². The van der Waals surface area contributed by atoms with Crippen LogP contribution in [0.25, 0.3) is 0 Å². The minimum Gasteiger partial charge on any atom is -0.378 e. The number of rotatable bonds is 6. The quantitative estimate of drug-likeness (QED) is 0.481. The zero-order valence-corrected chi connectivity index (χ0v) is 12.2. The summed E-state index contributed by atoms with van der Waals surface area (Å²) in [6.07, 6.45) is 0. The molecule has 0 unspecified atom stereocenters. The number of carbonyl (C=O) groups excluding carboxylic acids is 1. The van der Waals surface area contributed by atoms with Gasteiger partial charge in [-0.25, -0.2) is 13.2 Å². The summed E-state index contributed by atoms with van der Waals surface area (Å²) in [5, 5.41) is 15.8. The smallest absolute Gasteiger partial charge is 0.295 e. The molecular formula is C15H12F3N3O3. The molecule has 0 heterocycles. The molecule has 0 aromatic heterocycles. The van der Waals surface area contributed by atoms with Crippen LogP contribution in [0, 0.1) is 27.6 Å². The molecule has 0 aliphatic rings. The Hall–Kier alpha value is -3.10. The van der Waals surface area contributed by atoms with Crippen LogP contribution in [0.2, 0.25) is 0 Å². The van der Waals surface area contributed by atoms with Crippen LogP contribution in [-0.2, 0) is 0 Å². The van der Waals surface area contributed by atoms with E-state index < -0.39 is 39.5 Å². The molecule has 2 N–H and O–H groups in total. The van der Waals surface area contributed by atoms with Crippen LogP contribution in [-0.4, -0.2) is 23.9 Å². The van der Waals surface area contributed by atoms with Crippen LogP contribution >= 0.6 is 0 Å². The Labute approximate surface area is 134 Å². The maximum Gasteiger partial charge on any atom is 0.295 e. The lowest BCUT2D eigenvalue weighted by Crippen LogP contribution is -2.30. The molecule has 1 amide bonds. The molecule has 0 fully saturated rings. The molecule has 0 saturated carbocycles. The second kappa shape index (κ2) is 7.44. The summed E-state index contributed by atoms with van der Waals surface area (Å²) in [6, 6.07) is 6.04. The number of nitro benzene ring substituents is 1. The molecule has 0 aliphatic heterocycles. The fourth-order valence-electron chi connectivity index (χ4n) is 1.98. The molecule has 9 heteroatoms. The monoisotopic (exact) mass is 339 g/mol. The van der Waals surface area contributed by atoms with Crippen LogP contribution in [0.15, 0.2) is 36.4 Å². The molecule has 126 valence electrons. The lowest BCUT2D eigenvalue weighted by atomic mass is 10.2. The molecule has 0 aliphatic carbocycles. The summed E-state index contributed by atoms with van der Waals surface area (Å²) in [4.78, 5) is 21.8. The molecule has 0 spiro atoms. The summed E-state index contributed by atoms with van der Waals surface area (Å²) in [7, 11) is 0. The van der Waals surface area contributed by atoms with E-state index in [0.29, 0.717) is 0 Å². The number of nitrogens with one attached hydrogen (secondary N) is 2. The molecule has 2 aromatic carbocycles. The van der Waals surface area contributed by atoms with Gasteiger partial charge in [0.05, 0.1) is 11.0 Å². The highest BCUT2D eigenvalue weighted by Crippen LogP contribution is 2.24. The number of hydrogen-bond donors (Lipinski definition) is 2. The predicted molar refractivity (Wildman–Crippen MR) is 80.2 cm³/mol. The third kappa shape index (κ3) is 4.00. The van der Waals surface area contributed by atoms with Gasteiger partial charge in [-0.15, -0.1) is 0 Å². The predicted octanol–water partition coefficient (Wildman–Crippen LogP) is 2.85. The molecule has 0 atom stereocenters. The fourth-order valence-corrected chi connectivity index (χ4v) is 1.98. The molecule has 24 heavy (non-hydrogen) atoms. The Bertz CT molecular complexity index is 764. The normalized spacial score (nSPS) is 10.3. The Morgan fingerprint density at radius 2 is 1.75 bits per heavy atom. The Morgan fingerprint density at radius 3 is 2.38 bits per heavy atom. The summed E-state index contributed by atoms with van der Waals surface area (Å²) in [5.41, 5.74) is -1.10. The van der Waals surface area contributed by atoms with E-state index >= 15 is 0 Å². The number of benzene rings is 2. The van der Waals surface area contributed by atoms with Crippen LogP contribution in [0.4, 0.5) is 24.5 Å². The van der Waals surface area contributed by atoms with Crippen molar-refractivity contribution >= 4 is 17.3 Å². The first-order valence-corrected chi connectivity index (χ1v) is 6.80. The van der Waals surface area contributed by atoms with Gasteiger partial charge in [0.1, 0.15) is 28.7 Å². The zero-order valence-electron chi connectivity index (χ0n) is 12.2. The van der Waals surface area contributed by atoms with E-state index in [4.69, 9.17) is 0 Å². The molecule has 2 rings (SSSR count). The topological polar surface area (TPSA) is 84.3 Å². The summed E-state index contributed by atoms with van der Waals surface area (Å²) < 4.78 is 39.9. The van der Waals surface area contributed by atoms with Crippen molar-refractivity contribution in [1.82, 2.24) is 5.32 Å². The maximum atomic E-state index is 13.4. The molecule has 0 saturated heterocycles. The van der Waals surface area contributed by atoms with Crippen molar-refractivity contribution in [3.05, 3.63) is 69.5 Å². The van der Waals surface area contributed by atoms with Crippen molar-refractivity contribution in [2.45, 2.75) is 0 Å². The molecule has 0 radical (unpaired) electrons. The number of amides is 1. The number of nitrogens with zero attached hydrogens (tertiary/aromatic N) is 1. The van der Waals surface area contributed by atoms with Crippen molar-refractivity contribution in [3.63, 3.8) is 0 Å². The number of halogens is 3. The van der Waals surface area contributed by atoms with Crippen molar-refractivity contribution < 1.29 is 22.9 Å². The van der Waals surface area contributed by atoms with E-state index in [9.17, 15) is 28.1 Å². The van der Waals surface area contributed by atoms with E-state index in [1.54, 1.807) is 0 Å². The average molecular weight is 339 g/mol. The highest BCUT2D eigenvalue weighted by atomic mass is 19.1. The van der Waals surface area contributed by atoms with Crippen molar-refractivity contribution in [1.29, 1.82) is 0 Å². The lowest BCUT2D eigenvalue weighted by molar-refractivity contribution is -0.384. The van der Waals surface area contributed by atoms with E-state index in [1.165, 1.54) is 6.07 Å². The molecule has 2 aromatic rings. The van der Waals surface area contributed by atoms with Gasteiger partial charge in [-0.3, -0.25) is 14.9 Å². The van der Waals surface area contributed by atoms with E-state index in [2.05, 4.69) is 10.6 Å². The first kappa shape index (κ1) is 17.3. The Morgan fingerprint density at radius 1 is 1.08 bits per heavy atom. The SMILES string of the molecule is O=C(NCCNc1ccc(F)cc1[N+](=O)[O-])c1c(F)cccc1F. The summed E-state index contributed by atoms with van der Waals surface area (Å²) in [6.45, 7) is -0.0184. The third-order valence-electron chi connectivity index (χ3n) is 3.07. The van der Waals surface area contributed by atoms with Crippen molar-refractivity contribution in [3.8, 4) is 0 Å². The molecular weight excluding hydrogens is 327 g/mol. The van der Waals surface area contributed by atoms with E-state index in [0.717, 1.165) is 30.3 Å². The first-order valence-electron chi connectivity index (χ1n) is 6.80. The standard InChI is InChI=1S/C15H12F3N3O3/c16-9-4-5-12(13(8-9)21(23)24)19-6-7-20-15(22)14-10(17)2-1-3-11(14)18/h1-5,8,19H,6-7H2,(H,20,22). The van der Waals surface area contributed by atoms with Gasteiger partial charge in [-0.1, -0.05) is 6.07 Å². The number of anilines is 1. The maximum absolute atomic E-state index is 13.4. The minimum atomic E-state index is -0.991. The highest BCUT2D eigenvalue weighted by Gasteiger charge is 2.17. The van der Waals surface area contributed by atoms with E-state index in [1.807, 2.05) is 0 Å². The lowest BCUT2D eigenvalue weighted by Gasteiger charge is -2.09. The van der Waals surface area contributed by atoms with Crippen molar-refractivity contribution in [2.24, 2.45) is 0 Å². The third-order valence-corrected chi connectivity index (χ3v) is 3.07.